The van der Waals surface area contributed by atoms with E-state index >= 15 is 0 Å². The molecule has 0 aromatic carbocycles. The van der Waals surface area contributed by atoms with Gasteiger partial charge in [-0.1, -0.05) is 19.3 Å². The van der Waals surface area contributed by atoms with Crippen LogP contribution in [-0.2, 0) is 14.4 Å². The summed E-state index contributed by atoms with van der Waals surface area (Å²) in [4.78, 5) is 37.1. The maximum absolute atomic E-state index is 12.3. The van der Waals surface area contributed by atoms with Crippen LogP contribution in [0.2, 0.25) is 0 Å². The number of hydrogen-bond acceptors (Lipinski definition) is 3. The summed E-state index contributed by atoms with van der Waals surface area (Å²) >= 11 is 0. The van der Waals surface area contributed by atoms with Crippen molar-refractivity contribution in [2.75, 3.05) is 13.1 Å². The molecule has 1 aliphatic heterocycles. The van der Waals surface area contributed by atoms with Crippen LogP contribution in [-0.4, -0.2) is 46.9 Å². The van der Waals surface area contributed by atoms with E-state index in [1.54, 1.807) is 11.8 Å². The number of carboxylic acids is 1. The molecule has 0 spiro atoms. The van der Waals surface area contributed by atoms with Crippen molar-refractivity contribution < 1.29 is 19.5 Å². The first kappa shape index (κ1) is 16.8. The number of piperidine rings is 1. The van der Waals surface area contributed by atoms with Crippen molar-refractivity contribution in [3.05, 3.63) is 0 Å². The van der Waals surface area contributed by atoms with Gasteiger partial charge in [0.15, 0.2) is 0 Å². The normalized spacial score (nSPS) is 26.5. The quantitative estimate of drug-likeness (QED) is 0.821. The third-order valence-corrected chi connectivity index (χ3v) is 5.02. The topological polar surface area (TPSA) is 86.7 Å². The number of aliphatic carboxylic acids is 1. The predicted molar refractivity (Wildman–Crippen MR) is 81.1 cm³/mol. The Morgan fingerprint density at radius 2 is 1.77 bits per heavy atom. The van der Waals surface area contributed by atoms with Gasteiger partial charge >= 0.3 is 5.97 Å². The Balaban J connectivity index is 1.83. The molecule has 0 unspecified atom stereocenters. The van der Waals surface area contributed by atoms with E-state index in [1.807, 2.05) is 0 Å². The minimum Gasteiger partial charge on any atom is -0.481 e. The van der Waals surface area contributed by atoms with E-state index in [1.165, 1.54) is 6.42 Å². The number of carbonyl (C=O) groups excluding carboxylic acids is 2. The average Bonchev–Trinajstić information content (AvgIpc) is 2.53. The summed E-state index contributed by atoms with van der Waals surface area (Å²) in [5.74, 6) is -1.54. The fourth-order valence-corrected chi connectivity index (χ4v) is 3.60. The molecule has 0 radical (unpaired) electrons. The zero-order valence-electron chi connectivity index (χ0n) is 13.2. The van der Waals surface area contributed by atoms with Crippen molar-refractivity contribution in [3.63, 3.8) is 0 Å². The number of carboxylic acid groups (broad SMARTS) is 1. The molecule has 1 saturated heterocycles. The minimum atomic E-state index is -0.851. The molecule has 1 aliphatic carbocycles. The van der Waals surface area contributed by atoms with E-state index in [4.69, 9.17) is 0 Å². The van der Waals surface area contributed by atoms with Gasteiger partial charge in [0.05, 0.1) is 12.5 Å². The van der Waals surface area contributed by atoms with Crippen LogP contribution in [0.25, 0.3) is 0 Å². The lowest BCUT2D eigenvalue weighted by atomic mass is 9.88. The van der Waals surface area contributed by atoms with Gasteiger partial charge in [-0.3, -0.25) is 14.4 Å². The standard InChI is InChI=1S/C16H26N2O4/c1-11-13(16(21)22)8-5-9-18(11)14(19)10-17-15(20)12-6-3-2-4-7-12/h11-13H,2-10H2,1H3,(H,17,20)(H,21,22)/t11-,13-/m1/s1. The Hall–Kier alpha value is -1.59. The molecule has 2 rings (SSSR count). The highest BCUT2D eigenvalue weighted by molar-refractivity contribution is 5.86. The van der Waals surface area contributed by atoms with E-state index in [2.05, 4.69) is 5.32 Å². The van der Waals surface area contributed by atoms with Crippen LogP contribution >= 0.6 is 0 Å². The Bertz CT molecular complexity index is 432. The van der Waals surface area contributed by atoms with Gasteiger partial charge < -0.3 is 15.3 Å². The lowest BCUT2D eigenvalue weighted by Gasteiger charge is -2.37. The second-order valence-electron chi connectivity index (χ2n) is 6.47. The van der Waals surface area contributed by atoms with Crippen molar-refractivity contribution in [1.82, 2.24) is 10.2 Å². The summed E-state index contributed by atoms with van der Waals surface area (Å²) in [5, 5.41) is 11.9. The number of amides is 2. The monoisotopic (exact) mass is 310 g/mol. The maximum atomic E-state index is 12.3. The first-order chi connectivity index (χ1) is 10.5. The van der Waals surface area contributed by atoms with Gasteiger partial charge in [0.1, 0.15) is 0 Å². The molecule has 1 heterocycles. The molecule has 2 amide bonds. The van der Waals surface area contributed by atoms with Gasteiger partial charge in [-0.15, -0.1) is 0 Å². The molecule has 2 atom stereocenters. The Morgan fingerprint density at radius 1 is 1.09 bits per heavy atom. The summed E-state index contributed by atoms with van der Waals surface area (Å²) in [6, 6.07) is -0.315. The molecule has 2 aliphatic rings. The van der Waals surface area contributed by atoms with Crippen molar-refractivity contribution in [2.24, 2.45) is 11.8 Å². The molecule has 0 aromatic heterocycles. The Morgan fingerprint density at radius 3 is 2.41 bits per heavy atom. The van der Waals surface area contributed by atoms with Crippen LogP contribution in [0.4, 0.5) is 0 Å². The van der Waals surface area contributed by atoms with Crippen LogP contribution < -0.4 is 5.32 Å². The molecule has 22 heavy (non-hydrogen) atoms. The van der Waals surface area contributed by atoms with Crippen LogP contribution in [0.15, 0.2) is 0 Å². The Kier molecular flexibility index (Phi) is 5.80. The van der Waals surface area contributed by atoms with Crippen LogP contribution in [0, 0.1) is 11.8 Å². The average molecular weight is 310 g/mol. The second kappa shape index (κ2) is 7.61. The molecule has 124 valence electrons. The number of nitrogens with zero attached hydrogens (tertiary/aromatic N) is 1. The molecule has 6 nitrogen and oxygen atoms in total. The highest BCUT2D eigenvalue weighted by atomic mass is 16.4. The fourth-order valence-electron chi connectivity index (χ4n) is 3.60. The van der Waals surface area contributed by atoms with E-state index in [0.29, 0.717) is 19.4 Å². The van der Waals surface area contributed by atoms with Gasteiger partial charge in [-0.2, -0.15) is 0 Å². The minimum absolute atomic E-state index is 0.0218. The maximum Gasteiger partial charge on any atom is 0.308 e. The SMILES string of the molecule is C[C@@H]1[C@H](C(=O)O)CCCN1C(=O)CNC(=O)C1CCCCC1. The number of rotatable bonds is 4. The molecule has 2 fully saturated rings. The number of carbonyl (C=O) groups is 3. The third-order valence-electron chi connectivity index (χ3n) is 5.02. The van der Waals surface area contributed by atoms with Gasteiger partial charge in [0, 0.05) is 18.5 Å². The summed E-state index contributed by atoms with van der Waals surface area (Å²) < 4.78 is 0. The molecule has 1 saturated carbocycles. The zero-order valence-corrected chi connectivity index (χ0v) is 13.2. The largest absolute Gasteiger partial charge is 0.481 e. The molecule has 6 heteroatoms. The first-order valence-electron chi connectivity index (χ1n) is 8.30. The highest BCUT2D eigenvalue weighted by Gasteiger charge is 2.35. The van der Waals surface area contributed by atoms with E-state index in [-0.39, 0.29) is 30.3 Å². The second-order valence-corrected chi connectivity index (χ2v) is 6.47. The number of nitrogens with one attached hydrogen (secondary N) is 1. The summed E-state index contributed by atoms with van der Waals surface area (Å²) in [7, 11) is 0. The molecule has 0 bridgehead atoms. The highest BCUT2D eigenvalue weighted by Crippen LogP contribution is 2.25. The van der Waals surface area contributed by atoms with Gasteiger partial charge in [0.2, 0.25) is 11.8 Å². The van der Waals surface area contributed by atoms with E-state index in [9.17, 15) is 19.5 Å². The number of hydrogen-bond donors (Lipinski definition) is 2. The van der Waals surface area contributed by atoms with Crippen molar-refractivity contribution >= 4 is 17.8 Å². The number of likely N-dealkylation sites (tertiary alicyclic amines) is 1. The van der Waals surface area contributed by atoms with Crippen LogP contribution in [0.3, 0.4) is 0 Å². The summed E-state index contributed by atoms with van der Waals surface area (Å²) in [5.41, 5.74) is 0. The smallest absolute Gasteiger partial charge is 0.308 e. The molecular formula is C16H26N2O4. The van der Waals surface area contributed by atoms with Gasteiger partial charge in [-0.05, 0) is 32.6 Å². The van der Waals surface area contributed by atoms with Gasteiger partial charge in [-0.25, -0.2) is 0 Å². The lowest BCUT2D eigenvalue weighted by Crippen LogP contribution is -2.52. The molecule has 0 aromatic rings. The summed E-state index contributed by atoms with van der Waals surface area (Å²) in [6.45, 7) is 2.33. The van der Waals surface area contributed by atoms with Crippen molar-refractivity contribution in [2.45, 2.75) is 57.9 Å². The summed E-state index contributed by atoms with van der Waals surface area (Å²) in [6.07, 6.45) is 6.45. The molecular weight excluding hydrogens is 284 g/mol. The Labute approximate surface area is 131 Å². The van der Waals surface area contributed by atoms with Crippen LogP contribution in [0.1, 0.15) is 51.9 Å². The van der Waals surface area contributed by atoms with Crippen molar-refractivity contribution in [1.29, 1.82) is 0 Å². The fraction of sp³-hybridized carbons (Fsp3) is 0.812. The van der Waals surface area contributed by atoms with E-state index < -0.39 is 11.9 Å². The first-order valence-corrected chi connectivity index (χ1v) is 8.30. The predicted octanol–water partition coefficient (Wildman–Crippen LogP) is 1.39. The lowest BCUT2D eigenvalue weighted by molar-refractivity contribution is -0.149. The van der Waals surface area contributed by atoms with E-state index in [0.717, 1.165) is 25.7 Å². The molecule has 2 N–H and O–H groups in total. The zero-order chi connectivity index (χ0) is 16.1. The van der Waals surface area contributed by atoms with Gasteiger partial charge in [0.25, 0.3) is 0 Å². The van der Waals surface area contributed by atoms with Crippen LogP contribution in [0.5, 0.6) is 0 Å². The van der Waals surface area contributed by atoms with Crippen molar-refractivity contribution in [3.8, 4) is 0 Å². The third kappa shape index (κ3) is 3.99.